The molecule has 108 valence electrons. The van der Waals surface area contributed by atoms with Crippen LogP contribution in [0.5, 0.6) is 0 Å². The van der Waals surface area contributed by atoms with E-state index in [1.807, 2.05) is 0 Å². The molecule has 3 rings (SSSR count). The number of nitrogens with zero attached hydrogens (tertiary/aromatic N) is 4. The van der Waals surface area contributed by atoms with Gasteiger partial charge in [-0.25, -0.2) is 19.0 Å². The van der Waals surface area contributed by atoms with Gasteiger partial charge in [0, 0.05) is 13.7 Å². The molecule has 3 aromatic rings. The first-order chi connectivity index (χ1) is 10.3. The lowest BCUT2D eigenvalue weighted by molar-refractivity contribution is 0.210. The second-order valence-electron chi connectivity index (χ2n) is 4.41. The number of fused-ring (bicyclic) bond motifs is 1. The second-order valence-corrected chi connectivity index (χ2v) is 4.41. The van der Waals surface area contributed by atoms with Gasteiger partial charge in [-0.1, -0.05) is 0 Å². The third-order valence-electron chi connectivity index (χ3n) is 3.04. The Morgan fingerprint density at radius 1 is 1.24 bits per heavy atom. The Balaban J connectivity index is 1.98. The Labute approximate surface area is 120 Å². The van der Waals surface area contributed by atoms with E-state index in [-0.39, 0.29) is 5.82 Å². The van der Waals surface area contributed by atoms with Crippen molar-refractivity contribution in [2.75, 3.05) is 25.6 Å². The maximum Gasteiger partial charge on any atom is 0.168 e. The largest absolute Gasteiger partial charge is 0.383 e. The molecule has 0 bridgehead atoms. The lowest BCUT2D eigenvalue weighted by Gasteiger charge is -2.06. The van der Waals surface area contributed by atoms with Crippen LogP contribution in [-0.4, -0.2) is 40.0 Å². The van der Waals surface area contributed by atoms with Crippen molar-refractivity contribution < 1.29 is 9.13 Å². The fourth-order valence-electron chi connectivity index (χ4n) is 2.03. The number of rotatable bonds is 5. The number of ether oxygens (including phenoxy) is 1. The van der Waals surface area contributed by atoms with Gasteiger partial charge in [0.15, 0.2) is 5.65 Å². The molecule has 21 heavy (non-hydrogen) atoms. The van der Waals surface area contributed by atoms with Crippen LogP contribution in [0.3, 0.4) is 0 Å². The van der Waals surface area contributed by atoms with Crippen LogP contribution in [0.15, 0.2) is 36.8 Å². The van der Waals surface area contributed by atoms with Gasteiger partial charge in [0.05, 0.1) is 23.9 Å². The molecule has 0 fully saturated rings. The van der Waals surface area contributed by atoms with Crippen LogP contribution in [0.4, 0.5) is 10.2 Å². The Bertz CT molecular complexity index is 741. The molecule has 0 unspecified atom stereocenters. The highest BCUT2D eigenvalue weighted by molar-refractivity contribution is 5.87. The fraction of sp³-hybridized carbons (Fsp3) is 0.214. The van der Waals surface area contributed by atoms with E-state index < -0.39 is 0 Å². The molecule has 0 atom stereocenters. The van der Waals surface area contributed by atoms with E-state index in [1.54, 1.807) is 30.1 Å². The highest BCUT2D eigenvalue weighted by Gasteiger charge is 2.10. The van der Waals surface area contributed by atoms with E-state index in [4.69, 9.17) is 4.74 Å². The summed E-state index contributed by atoms with van der Waals surface area (Å²) in [5.41, 5.74) is 1.41. The summed E-state index contributed by atoms with van der Waals surface area (Å²) in [5.74, 6) is 0.414. The van der Waals surface area contributed by atoms with Crippen molar-refractivity contribution in [3.05, 3.63) is 42.6 Å². The average Bonchev–Trinajstić information content (AvgIpc) is 2.93. The van der Waals surface area contributed by atoms with E-state index in [0.717, 1.165) is 11.1 Å². The van der Waals surface area contributed by atoms with Crippen LogP contribution in [0, 0.1) is 5.82 Å². The summed E-state index contributed by atoms with van der Waals surface area (Å²) >= 11 is 0. The number of hydrogen-bond acceptors (Lipinski definition) is 5. The summed E-state index contributed by atoms with van der Waals surface area (Å²) < 4.78 is 19.7. The van der Waals surface area contributed by atoms with E-state index in [2.05, 4.69) is 20.4 Å². The van der Waals surface area contributed by atoms with Gasteiger partial charge in [-0.3, -0.25) is 0 Å². The van der Waals surface area contributed by atoms with Crippen LogP contribution in [-0.2, 0) is 4.74 Å². The predicted octanol–water partition coefficient (Wildman–Crippen LogP) is 2.01. The monoisotopic (exact) mass is 287 g/mol. The third-order valence-corrected chi connectivity index (χ3v) is 3.04. The molecular formula is C14H14FN5O. The first-order valence-electron chi connectivity index (χ1n) is 6.47. The van der Waals surface area contributed by atoms with Gasteiger partial charge in [-0.05, 0) is 24.3 Å². The first-order valence-corrected chi connectivity index (χ1v) is 6.47. The van der Waals surface area contributed by atoms with Crippen molar-refractivity contribution in [1.29, 1.82) is 0 Å². The molecule has 0 aliphatic rings. The van der Waals surface area contributed by atoms with E-state index in [0.29, 0.717) is 24.6 Å². The van der Waals surface area contributed by atoms with Crippen molar-refractivity contribution in [1.82, 2.24) is 19.7 Å². The highest BCUT2D eigenvalue weighted by atomic mass is 19.1. The lowest BCUT2D eigenvalue weighted by atomic mass is 10.3. The standard InChI is InChI=1S/C14H14FN5O/c1-21-7-6-16-13-12-8-19-20(14(12)18-9-17-13)11-4-2-10(15)3-5-11/h2-5,8-9H,6-7H2,1H3,(H,16,17,18). The maximum absolute atomic E-state index is 13.0. The molecule has 1 aromatic carbocycles. The van der Waals surface area contributed by atoms with Crippen LogP contribution >= 0.6 is 0 Å². The number of hydrogen-bond donors (Lipinski definition) is 1. The Morgan fingerprint density at radius 3 is 2.81 bits per heavy atom. The molecule has 6 nitrogen and oxygen atoms in total. The van der Waals surface area contributed by atoms with Gasteiger partial charge in [-0.15, -0.1) is 0 Å². The molecule has 2 aromatic heterocycles. The van der Waals surface area contributed by atoms with Crippen molar-refractivity contribution in [3.63, 3.8) is 0 Å². The molecule has 0 spiro atoms. The number of aromatic nitrogens is 4. The molecule has 2 heterocycles. The molecule has 0 aliphatic carbocycles. The number of anilines is 1. The minimum Gasteiger partial charge on any atom is -0.383 e. The summed E-state index contributed by atoms with van der Waals surface area (Å²) in [4.78, 5) is 8.46. The van der Waals surface area contributed by atoms with Crippen LogP contribution in [0.2, 0.25) is 0 Å². The zero-order chi connectivity index (χ0) is 14.7. The molecule has 0 aliphatic heterocycles. The number of nitrogens with one attached hydrogen (secondary N) is 1. The maximum atomic E-state index is 13.0. The van der Waals surface area contributed by atoms with Gasteiger partial charge in [-0.2, -0.15) is 5.10 Å². The molecule has 0 saturated heterocycles. The Hall–Kier alpha value is -2.54. The smallest absolute Gasteiger partial charge is 0.168 e. The summed E-state index contributed by atoms with van der Waals surface area (Å²) in [6, 6.07) is 6.09. The SMILES string of the molecule is COCCNc1ncnc2c1cnn2-c1ccc(F)cc1. The Morgan fingerprint density at radius 2 is 2.05 bits per heavy atom. The van der Waals surface area contributed by atoms with Crippen LogP contribution in [0.25, 0.3) is 16.7 Å². The summed E-state index contributed by atoms with van der Waals surface area (Å²) in [7, 11) is 1.64. The van der Waals surface area contributed by atoms with Gasteiger partial charge < -0.3 is 10.1 Å². The zero-order valence-corrected chi connectivity index (χ0v) is 11.5. The van der Waals surface area contributed by atoms with Crippen molar-refractivity contribution in [2.45, 2.75) is 0 Å². The molecular weight excluding hydrogens is 273 g/mol. The summed E-state index contributed by atoms with van der Waals surface area (Å²) in [6.07, 6.45) is 3.16. The predicted molar refractivity (Wildman–Crippen MR) is 77.0 cm³/mol. The quantitative estimate of drug-likeness (QED) is 0.727. The van der Waals surface area contributed by atoms with Crippen molar-refractivity contribution >= 4 is 16.9 Å². The van der Waals surface area contributed by atoms with Gasteiger partial charge in [0.25, 0.3) is 0 Å². The third kappa shape index (κ3) is 2.68. The minimum absolute atomic E-state index is 0.285. The minimum atomic E-state index is -0.285. The number of halogens is 1. The van der Waals surface area contributed by atoms with Gasteiger partial charge >= 0.3 is 0 Å². The molecule has 7 heteroatoms. The Kier molecular flexibility index (Phi) is 3.74. The van der Waals surface area contributed by atoms with E-state index in [1.165, 1.54) is 18.5 Å². The molecule has 0 saturated carbocycles. The summed E-state index contributed by atoms with van der Waals surface area (Å²) in [5, 5.41) is 8.28. The highest BCUT2D eigenvalue weighted by Crippen LogP contribution is 2.21. The average molecular weight is 287 g/mol. The van der Waals surface area contributed by atoms with E-state index in [9.17, 15) is 4.39 Å². The topological polar surface area (TPSA) is 64.9 Å². The number of benzene rings is 1. The van der Waals surface area contributed by atoms with Gasteiger partial charge in [0.1, 0.15) is 18.0 Å². The molecule has 0 amide bonds. The molecule has 1 N–H and O–H groups in total. The fourth-order valence-corrected chi connectivity index (χ4v) is 2.03. The van der Waals surface area contributed by atoms with Gasteiger partial charge in [0.2, 0.25) is 0 Å². The van der Waals surface area contributed by atoms with E-state index >= 15 is 0 Å². The normalized spacial score (nSPS) is 11.0. The summed E-state index contributed by atoms with van der Waals surface area (Å²) in [6.45, 7) is 1.22. The lowest BCUT2D eigenvalue weighted by Crippen LogP contribution is -2.09. The number of methoxy groups -OCH3 is 1. The van der Waals surface area contributed by atoms with Crippen molar-refractivity contribution in [2.24, 2.45) is 0 Å². The second kappa shape index (κ2) is 5.84. The zero-order valence-electron chi connectivity index (χ0n) is 11.5. The molecule has 0 radical (unpaired) electrons. The first kappa shape index (κ1) is 13.4. The van der Waals surface area contributed by atoms with Crippen LogP contribution < -0.4 is 5.32 Å². The van der Waals surface area contributed by atoms with Crippen LogP contribution in [0.1, 0.15) is 0 Å². The van der Waals surface area contributed by atoms with Crippen molar-refractivity contribution in [3.8, 4) is 5.69 Å².